The van der Waals surface area contributed by atoms with Crippen LogP contribution in [0.25, 0.3) is 0 Å². The van der Waals surface area contributed by atoms with Crippen LogP contribution in [0.4, 0.5) is 0 Å². The van der Waals surface area contributed by atoms with Gasteiger partial charge in [0.25, 0.3) is 0 Å². The predicted molar refractivity (Wildman–Crippen MR) is 148 cm³/mol. The molecule has 0 spiro atoms. The summed E-state index contributed by atoms with van der Waals surface area (Å²) in [6, 6.07) is 0. The zero-order chi connectivity index (χ0) is 24.7. The second-order valence-corrected chi connectivity index (χ2v) is 11.2. The van der Waals surface area contributed by atoms with Crippen molar-refractivity contribution in [3.63, 3.8) is 0 Å². The number of aliphatic hydroxyl groups is 1. The summed E-state index contributed by atoms with van der Waals surface area (Å²) in [5, 5.41) is 8.80. The lowest BCUT2D eigenvalue weighted by molar-refractivity contribution is 0.122. The standard InChI is InChI=1S/C32H52O/c1-26(16-10-18-28(3)20-13-25-33)14-8-9-15-27(2)17-11-19-29(4)22-23-31-30(5)21-12-24-32(31,6)7/h8-10,13-14,16,18,20,22-23,27,29-31,33H,11-12,15,17,19,21,24-25H2,1-7H3/b9-8+,16-10+,20-13+,23-22+,26-14+,28-18+. The van der Waals surface area contributed by atoms with Gasteiger partial charge < -0.3 is 5.11 Å². The van der Waals surface area contributed by atoms with Gasteiger partial charge in [0.15, 0.2) is 0 Å². The Bertz CT molecular complexity index is 713. The SMILES string of the molecule is CC(/C=C/C=C(C)/C=C/CO)=C\C=C\CC(C)CCCC(C)/C=C/C1C(C)CCCC1(C)C. The van der Waals surface area contributed by atoms with Gasteiger partial charge in [0.05, 0.1) is 6.61 Å². The largest absolute Gasteiger partial charge is 0.392 e. The molecule has 1 aliphatic carbocycles. The van der Waals surface area contributed by atoms with Crippen molar-refractivity contribution >= 4 is 0 Å². The number of allylic oxidation sites excluding steroid dienone is 11. The van der Waals surface area contributed by atoms with E-state index < -0.39 is 0 Å². The first-order valence-corrected chi connectivity index (χ1v) is 13.3. The number of rotatable bonds is 13. The Morgan fingerprint density at radius 2 is 1.70 bits per heavy atom. The van der Waals surface area contributed by atoms with Gasteiger partial charge in [-0.15, -0.1) is 0 Å². The molecule has 1 N–H and O–H groups in total. The molecule has 0 radical (unpaired) electrons. The Labute approximate surface area is 206 Å². The quantitative estimate of drug-likeness (QED) is 0.218. The van der Waals surface area contributed by atoms with E-state index in [1.807, 2.05) is 13.0 Å². The van der Waals surface area contributed by atoms with Crippen molar-refractivity contribution in [3.05, 3.63) is 71.9 Å². The molecule has 0 aliphatic heterocycles. The van der Waals surface area contributed by atoms with Gasteiger partial charge in [0, 0.05) is 0 Å². The van der Waals surface area contributed by atoms with E-state index in [9.17, 15) is 0 Å². The van der Waals surface area contributed by atoms with E-state index in [1.54, 1.807) is 6.08 Å². The second-order valence-electron chi connectivity index (χ2n) is 11.2. The Hall–Kier alpha value is -1.60. The summed E-state index contributed by atoms with van der Waals surface area (Å²) >= 11 is 0. The minimum absolute atomic E-state index is 0.0887. The summed E-state index contributed by atoms with van der Waals surface area (Å²) < 4.78 is 0. The van der Waals surface area contributed by atoms with Gasteiger partial charge in [-0.1, -0.05) is 132 Å². The van der Waals surface area contributed by atoms with Crippen LogP contribution in [0, 0.1) is 29.1 Å². The van der Waals surface area contributed by atoms with Crippen molar-refractivity contribution in [1.29, 1.82) is 0 Å². The molecule has 0 bridgehead atoms. The van der Waals surface area contributed by atoms with E-state index in [2.05, 4.69) is 90.2 Å². The first kappa shape index (κ1) is 29.4. The Balaban J connectivity index is 2.32. The minimum Gasteiger partial charge on any atom is -0.392 e. The average Bonchev–Trinajstić information content (AvgIpc) is 2.74. The van der Waals surface area contributed by atoms with Crippen LogP contribution < -0.4 is 0 Å². The van der Waals surface area contributed by atoms with E-state index in [4.69, 9.17) is 5.11 Å². The summed E-state index contributed by atoms with van der Waals surface area (Å²) in [4.78, 5) is 0. The Morgan fingerprint density at radius 1 is 1.00 bits per heavy atom. The van der Waals surface area contributed by atoms with Crippen LogP contribution in [0.3, 0.4) is 0 Å². The molecule has 4 unspecified atom stereocenters. The highest BCUT2D eigenvalue weighted by Crippen LogP contribution is 2.44. The van der Waals surface area contributed by atoms with Crippen molar-refractivity contribution < 1.29 is 5.11 Å². The molecule has 1 rings (SSSR count). The fraction of sp³-hybridized carbons (Fsp3) is 0.625. The monoisotopic (exact) mass is 452 g/mol. The van der Waals surface area contributed by atoms with Gasteiger partial charge in [-0.3, -0.25) is 0 Å². The fourth-order valence-corrected chi connectivity index (χ4v) is 4.99. The molecule has 1 nitrogen and oxygen atoms in total. The van der Waals surface area contributed by atoms with Gasteiger partial charge in [0.2, 0.25) is 0 Å². The van der Waals surface area contributed by atoms with E-state index >= 15 is 0 Å². The Morgan fingerprint density at radius 3 is 2.39 bits per heavy atom. The zero-order valence-electron chi connectivity index (χ0n) is 22.7. The van der Waals surface area contributed by atoms with Crippen molar-refractivity contribution in [1.82, 2.24) is 0 Å². The first-order valence-electron chi connectivity index (χ1n) is 13.3. The van der Waals surface area contributed by atoms with Gasteiger partial charge in [-0.25, -0.2) is 0 Å². The van der Waals surface area contributed by atoms with Crippen LogP contribution in [0.15, 0.2) is 71.9 Å². The highest BCUT2D eigenvalue weighted by atomic mass is 16.2. The molecule has 0 aromatic heterocycles. The summed E-state index contributed by atoms with van der Waals surface area (Å²) in [6.45, 7) is 16.4. The first-order chi connectivity index (χ1) is 15.7. The molecule has 1 saturated carbocycles. The lowest BCUT2D eigenvalue weighted by Crippen LogP contribution is -2.32. The number of hydrogen-bond donors (Lipinski definition) is 1. The van der Waals surface area contributed by atoms with E-state index in [1.165, 1.54) is 44.1 Å². The van der Waals surface area contributed by atoms with Crippen molar-refractivity contribution in [2.45, 2.75) is 93.4 Å². The normalized spacial score (nSPS) is 24.5. The van der Waals surface area contributed by atoms with Crippen molar-refractivity contribution in [2.24, 2.45) is 29.1 Å². The molecule has 186 valence electrons. The van der Waals surface area contributed by atoms with Crippen LogP contribution in [0.1, 0.15) is 93.4 Å². The third kappa shape index (κ3) is 13.0. The zero-order valence-corrected chi connectivity index (χ0v) is 22.7. The summed E-state index contributed by atoms with van der Waals surface area (Å²) in [5.74, 6) is 2.99. The Kier molecular flexibility index (Phi) is 14.4. The minimum atomic E-state index is 0.0887. The molecule has 33 heavy (non-hydrogen) atoms. The third-order valence-corrected chi connectivity index (χ3v) is 7.24. The molecular formula is C32H52O. The molecule has 4 atom stereocenters. The summed E-state index contributed by atoms with van der Waals surface area (Å²) in [5.41, 5.74) is 2.84. The van der Waals surface area contributed by atoms with E-state index in [-0.39, 0.29) is 6.61 Å². The van der Waals surface area contributed by atoms with E-state index in [0.717, 1.165) is 29.7 Å². The smallest absolute Gasteiger partial charge is 0.0615 e. The van der Waals surface area contributed by atoms with Crippen LogP contribution in [0.2, 0.25) is 0 Å². The van der Waals surface area contributed by atoms with Crippen molar-refractivity contribution in [2.75, 3.05) is 6.61 Å². The summed E-state index contributed by atoms with van der Waals surface area (Å²) in [7, 11) is 0. The van der Waals surface area contributed by atoms with Crippen LogP contribution in [-0.4, -0.2) is 11.7 Å². The molecule has 1 heteroatoms. The maximum Gasteiger partial charge on any atom is 0.0615 e. The highest BCUT2D eigenvalue weighted by molar-refractivity contribution is 5.28. The van der Waals surface area contributed by atoms with Gasteiger partial charge in [-0.2, -0.15) is 0 Å². The molecule has 1 fully saturated rings. The molecule has 0 aromatic carbocycles. The van der Waals surface area contributed by atoms with Crippen LogP contribution in [0.5, 0.6) is 0 Å². The summed E-state index contributed by atoms with van der Waals surface area (Å²) in [6.07, 6.45) is 30.9. The highest BCUT2D eigenvalue weighted by Gasteiger charge is 2.34. The number of hydrogen-bond acceptors (Lipinski definition) is 1. The van der Waals surface area contributed by atoms with Crippen LogP contribution in [-0.2, 0) is 0 Å². The predicted octanol–water partition coefficient (Wildman–Crippen LogP) is 9.39. The van der Waals surface area contributed by atoms with Gasteiger partial charge in [0.1, 0.15) is 0 Å². The molecule has 1 aliphatic rings. The topological polar surface area (TPSA) is 20.2 Å². The average molecular weight is 453 g/mol. The lowest BCUT2D eigenvalue weighted by Gasteiger charge is -2.41. The third-order valence-electron chi connectivity index (χ3n) is 7.24. The maximum absolute atomic E-state index is 8.80. The van der Waals surface area contributed by atoms with E-state index in [0.29, 0.717) is 11.3 Å². The fourth-order valence-electron chi connectivity index (χ4n) is 4.99. The second kappa shape index (κ2) is 16.1. The van der Waals surface area contributed by atoms with Crippen molar-refractivity contribution in [3.8, 4) is 0 Å². The lowest BCUT2D eigenvalue weighted by atomic mass is 9.64. The molecule has 0 amide bonds. The van der Waals surface area contributed by atoms with Crippen LogP contribution >= 0.6 is 0 Å². The van der Waals surface area contributed by atoms with Gasteiger partial charge in [-0.05, 0) is 62.2 Å². The molecule has 0 aromatic rings. The molecule has 0 saturated heterocycles. The molecule has 0 heterocycles. The molecular weight excluding hydrogens is 400 g/mol. The van der Waals surface area contributed by atoms with Gasteiger partial charge >= 0.3 is 0 Å². The maximum atomic E-state index is 8.80. The number of aliphatic hydroxyl groups excluding tert-OH is 1.